The fourth-order valence-electron chi connectivity index (χ4n) is 3.05. The van der Waals surface area contributed by atoms with Gasteiger partial charge in [0.2, 0.25) is 0 Å². The van der Waals surface area contributed by atoms with E-state index in [1.807, 2.05) is 42.2 Å². The van der Waals surface area contributed by atoms with Gasteiger partial charge in [-0.05, 0) is 55.5 Å². The molecule has 0 unspecified atom stereocenters. The summed E-state index contributed by atoms with van der Waals surface area (Å²) in [5, 5.41) is 1.45. The summed E-state index contributed by atoms with van der Waals surface area (Å²) in [5.74, 6) is 1.76. The Hall–Kier alpha value is -2.02. The van der Waals surface area contributed by atoms with Crippen molar-refractivity contribution in [3.05, 3.63) is 69.1 Å². The molecule has 1 aliphatic heterocycles. The minimum Gasteiger partial charge on any atom is -0.486 e. The number of ether oxygens (including phenoxy) is 1. The number of hydrogen-bond acceptors (Lipinski definition) is 5. The molecule has 144 valence electrons. The van der Waals surface area contributed by atoms with Gasteiger partial charge in [0, 0.05) is 16.5 Å². The zero-order valence-corrected chi connectivity index (χ0v) is 17.7. The number of nitrogens with zero attached hydrogens (tertiary/aromatic N) is 2. The van der Waals surface area contributed by atoms with Crippen LogP contribution in [0.5, 0.6) is 5.75 Å². The lowest BCUT2D eigenvalue weighted by Crippen LogP contribution is -2.31. The van der Waals surface area contributed by atoms with E-state index in [-0.39, 0.29) is 5.91 Å². The number of thiazole rings is 1. The summed E-state index contributed by atoms with van der Waals surface area (Å²) in [5.41, 5.74) is 1.74. The third-order valence-electron chi connectivity index (χ3n) is 4.40. The van der Waals surface area contributed by atoms with Crippen LogP contribution in [-0.4, -0.2) is 23.2 Å². The Kier molecular flexibility index (Phi) is 5.90. The molecule has 0 fully saturated rings. The zero-order chi connectivity index (χ0) is 19.5. The summed E-state index contributed by atoms with van der Waals surface area (Å²) in [6, 6.07) is 15.3. The number of benzene rings is 2. The molecule has 0 bridgehead atoms. The second kappa shape index (κ2) is 8.55. The Morgan fingerprint density at radius 2 is 2.00 bits per heavy atom. The molecule has 0 radical (unpaired) electrons. The Morgan fingerprint density at radius 1 is 1.21 bits per heavy atom. The van der Waals surface area contributed by atoms with Crippen LogP contribution in [0.25, 0.3) is 0 Å². The number of hydrogen-bond donors (Lipinski definition) is 0. The van der Waals surface area contributed by atoms with E-state index in [1.165, 1.54) is 11.3 Å². The van der Waals surface area contributed by atoms with Gasteiger partial charge in [-0.2, -0.15) is 0 Å². The fourth-order valence-corrected chi connectivity index (χ4v) is 5.10. The molecule has 0 spiro atoms. The van der Waals surface area contributed by atoms with E-state index in [0.29, 0.717) is 16.5 Å². The number of carbonyl (C=O) groups is 1. The molecule has 0 N–H and O–H groups in total. The molecular weight excluding hydrogens is 412 g/mol. The number of aromatic nitrogens is 1. The second-order valence-corrected chi connectivity index (χ2v) is 9.05. The minimum absolute atomic E-state index is 0.0164. The zero-order valence-electron chi connectivity index (χ0n) is 15.4. The van der Waals surface area contributed by atoms with Crippen LogP contribution in [-0.2, 0) is 6.61 Å². The van der Waals surface area contributed by atoms with E-state index in [2.05, 4.69) is 11.1 Å². The highest BCUT2D eigenvalue weighted by atomic mass is 35.5. The number of anilines is 1. The number of halogens is 1. The lowest BCUT2D eigenvalue weighted by Gasteiger charge is -2.22. The molecule has 2 heterocycles. The SMILES string of the molecule is Cc1nc(COc2ccc(Cl)cc2)sc1C(=O)N1CCCSc2ccccc21. The van der Waals surface area contributed by atoms with Gasteiger partial charge in [0.25, 0.3) is 5.91 Å². The first-order valence-corrected chi connectivity index (χ1v) is 11.2. The van der Waals surface area contributed by atoms with Crippen molar-refractivity contribution in [2.45, 2.75) is 24.8 Å². The largest absolute Gasteiger partial charge is 0.486 e. The molecule has 0 saturated heterocycles. The van der Waals surface area contributed by atoms with Crippen molar-refractivity contribution < 1.29 is 9.53 Å². The van der Waals surface area contributed by atoms with Crippen LogP contribution in [0.1, 0.15) is 26.8 Å². The average molecular weight is 431 g/mol. The van der Waals surface area contributed by atoms with E-state index in [9.17, 15) is 4.79 Å². The normalized spacial score (nSPS) is 13.7. The van der Waals surface area contributed by atoms with Crippen LogP contribution in [0, 0.1) is 6.92 Å². The average Bonchev–Trinajstić information content (AvgIpc) is 2.94. The first-order valence-electron chi connectivity index (χ1n) is 9.00. The van der Waals surface area contributed by atoms with Gasteiger partial charge in [-0.25, -0.2) is 4.98 Å². The van der Waals surface area contributed by atoms with Crippen molar-refractivity contribution in [3.63, 3.8) is 0 Å². The van der Waals surface area contributed by atoms with E-state index in [1.54, 1.807) is 23.9 Å². The molecule has 0 atom stereocenters. The van der Waals surface area contributed by atoms with E-state index >= 15 is 0 Å². The smallest absolute Gasteiger partial charge is 0.270 e. The standard InChI is InChI=1S/C21H19ClN2O2S2/c1-14-20(28-19(23-14)13-26-16-9-7-15(22)8-10-16)21(25)24-11-4-12-27-18-6-3-2-5-17(18)24/h2-3,5-10H,4,11-13H2,1H3. The van der Waals surface area contributed by atoms with Crippen LogP contribution >= 0.6 is 34.7 Å². The maximum Gasteiger partial charge on any atom is 0.270 e. The molecule has 1 aromatic heterocycles. The third kappa shape index (κ3) is 4.19. The predicted molar refractivity (Wildman–Crippen MR) is 116 cm³/mol. The first-order chi connectivity index (χ1) is 13.6. The maximum absolute atomic E-state index is 13.3. The number of thioether (sulfide) groups is 1. The van der Waals surface area contributed by atoms with Crippen LogP contribution < -0.4 is 9.64 Å². The number of rotatable bonds is 4. The van der Waals surface area contributed by atoms with Crippen molar-refractivity contribution in [1.82, 2.24) is 4.98 Å². The predicted octanol–water partition coefficient (Wildman–Crippen LogP) is 5.83. The number of carbonyl (C=O) groups excluding carboxylic acids is 1. The molecule has 0 aliphatic carbocycles. The second-order valence-electron chi connectivity index (χ2n) is 6.39. The molecule has 0 saturated carbocycles. The van der Waals surface area contributed by atoms with Crippen molar-refractivity contribution >= 4 is 46.3 Å². The summed E-state index contributed by atoms with van der Waals surface area (Å²) in [6.07, 6.45) is 0.968. The Morgan fingerprint density at radius 3 is 2.82 bits per heavy atom. The van der Waals surface area contributed by atoms with Crippen molar-refractivity contribution in [2.24, 2.45) is 0 Å². The minimum atomic E-state index is 0.0164. The molecule has 4 nitrogen and oxygen atoms in total. The summed E-state index contributed by atoms with van der Waals surface area (Å²) in [6.45, 7) is 2.93. The first kappa shape index (κ1) is 19.3. The Bertz CT molecular complexity index is 988. The van der Waals surface area contributed by atoms with Gasteiger partial charge in [0.15, 0.2) is 0 Å². The summed E-state index contributed by atoms with van der Waals surface area (Å²) < 4.78 is 5.78. The number of para-hydroxylation sites is 1. The number of aryl methyl sites for hydroxylation is 1. The van der Waals surface area contributed by atoms with Crippen molar-refractivity contribution in [3.8, 4) is 5.75 Å². The highest BCUT2D eigenvalue weighted by Crippen LogP contribution is 2.35. The molecule has 4 rings (SSSR count). The Labute approximate surface area is 177 Å². The summed E-state index contributed by atoms with van der Waals surface area (Å²) in [7, 11) is 0. The topological polar surface area (TPSA) is 42.4 Å². The van der Waals surface area contributed by atoms with Gasteiger partial charge in [-0.15, -0.1) is 23.1 Å². The lowest BCUT2D eigenvalue weighted by atomic mass is 10.2. The number of amides is 1. The van der Waals surface area contributed by atoms with Gasteiger partial charge in [0.05, 0.1) is 11.4 Å². The van der Waals surface area contributed by atoms with Crippen LogP contribution in [0.3, 0.4) is 0 Å². The van der Waals surface area contributed by atoms with Gasteiger partial charge < -0.3 is 9.64 Å². The van der Waals surface area contributed by atoms with Gasteiger partial charge in [0.1, 0.15) is 22.2 Å². The van der Waals surface area contributed by atoms with E-state index in [4.69, 9.17) is 16.3 Å². The van der Waals surface area contributed by atoms with Gasteiger partial charge >= 0.3 is 0 Å². The molecule has 7 heteroatoms. The van der Waals surface area contributed by atoms with Crippen molar-refractivity contribution in [1.29, 1.82) is 0 Å². The third-order valence-corrected chi connectivity index (χ3v) is 6.92. The molecule has 1 aliphatic rings. The summed E-state index contributed by atoms with van der Waals surface area (Å²) >= 11 is 9.11. The molecule has 2 aromatic carbocycles. The Balaban J connectivity index is 1.53. The maximum atomic E-state index is 13.3. The highest BCUT2D eigenvalue weighted by Gasteiger charge is 2.26. The molecule has 1 amide bonds. The van der Waals surface area contributed by atoms with Crippen LogP contribution in [0.4, 0.5) is 5.69 Å². The van der Waals surface area contributed by atoms with Crippen LogP contribution in [0.2, 0.25) is 5.02 Å². The number of fused-ring (bicyclic) bond motifs is 1. The quantitative estimate of drug-likeness (QED) is 0.522. The fraction of sp³-hybridized carbons (Fsp3) is 0.238. The van der Waals surface area contributed by atoms with Crippen molar-refractivity contribution in [2.75, 3.05) is 17.2 Å². The molecular formula is C21H19ClN2O2S2. The summed E-state index contributed by atoms with van der Waals surface area (Å²) in [4.78, 5) is 21.6. The van der Waals surface area contributed by atoms with Gasteiger partial charge in [-0.1, -0.05) is 23.7 Å². The lowest BCUT2D eigenvalue weighted by molar-refractivity contribution is 0.0990. The molecule has 3 aromatic rings. The molecule has 28 heavy (non-hydrogen) atoms. The highest BCUT2D eigenvalue weighted by molar-refractivity contribution is 7.99. The van der Waals surface area contributed by atoms with E-state index < -0.39 is 0 Å². The van der Waals surface area contributed by atoms with Gasteiger partial charge in [-0.3, -0.25) is 4.79 Å². The van der Waals surface area contributed by atoms with E-state index in [0.717, 1.165) is 45.8 Å². The van der Waals surface area contributed by atoms with Crippen LogP contribution in [0.15, 0.2) is 53.4 Å². The monoisotopic (exact) mass is 430 g/mol.